The van der Waals surface area contributed by atoms with Gasteiger partial charge in [0.2, 0.25) is 0 Å². The number of nitrogen functional groups attached to an aromatic ring is 1. The number of hydrogen-bond donors (Lipinski definition) is 1. The van der Waals surface area contributed by atoms with Gasteiger partial charge in [-0.1, -0.05) is 36.4 Å². The molecule has 0 saturated carbocycles. The molecular formula is C18H13N3. The average molecular weight is 271 g/mol. The van der Waals surface area contributed by atoms with E-state index in [0.29, 0.717) is 5.82 Å². The summed E-state index contributed by atoms with van der Waals surface area (Å²) in [5.41, 5.74) is 9.92. The van der Waals surface area contributed by atoms with Crippen molar-refractivity contribution in [3.05, 3.63) is 66.9 Å². The third-order valence-electron chi connectivity index (χ3n) is 3.65. The lowest BCUT2D eigenvalue weighted by atomic mass is 9.98. The van der Waals surface area contributed by atoms with Gasteiger partial charge in [0.05, 0.1) is 11.0 Å². The molecule has 0 fully saturated rings. The minimum atomic E-state index is 0.514. The van der Waals surface area contributed by atoms with Crippen molar-refractivity contribution in [1.82, 2.24) is 9.97 Å². The zero-order chi connectivity index (χ0) is 14.2. The Balaban J connectivity index is 2.19. The first-order valence-corrected chi connectivity index (χ1v) is 6.82. The summed E-state index contributed by atoms with van der Waals surface area (Å²) >= 11 is 0. The van der Waals surface area contributed by atoms with Crippen LogP contribution >= 0.6 is 0 Å². The molecule has 4 rings (SSSR count). The fourth-order valence-corrected chi connectivity index (χ4v) is 2.69. The van der Waals surface area contributed by atoms with Gasteiger partial charge in [0, 0.05) is 17.0 Å². The lowest BCUT2D eigenvalue weighted by molar-refractivity contribution is 1.38. The van der Waals surface area contributed by atoms with Gasteiger partial charge in [-0.3, -0.25) is 4.98 Å². The maximum absolute atomic E-state index is 5.86. The van der Waals surface area contributed by atoms with Gasteiger partial charge in [-0.05, 0) is 35.4 Å². The van der Waals surface area contributed by atoms with Crippen LogP contribution in [-0.4, -0.2) is 9.97 Å². The topological polar surface area (TPSA) is 51.8 Å². The maximum Gasteiger partial charge on any atom is 0.124 e. The van der Waals surface area contributed by atoms with Crippen LogP contribution in [0, 0.1) is 0 Å². The number of benzene rings is 2. The average Bonchev–Trinajstić information content (AvgIpc) is 2.55. The normalized spacial score (nSPS) is 11.0. The number of nitrogens with two attached hydrogens (primary N) is 1. The predicted molar refractivity (Wildman–Crippen MR) is 86.9 cm³/mol. The number of rotatable bonds is 1. The van der Waals surface area contributed by atoms with Crippen molar-refractivity contribution >= 4 is 27.6 Å². The van der Waals surface area contributed by atoms with Gasteiger partial charge in [0.15, 0.2) is 0 Å². The van der Waals surface area contributed by atoms with E-state index >= 15 is 0 Å². The highest BCUT2D eigenvalue weighted by atomic mass is 14.8. The summed E-state index contributed by atoms with van der Waals surface area (Å²) in [6.07, 6.45) is 1.79. The smallest absolute Gasteiger partial charge is 0.124 e. The molecule has 0 aliphatic rings. The van der Waals surface area contributed by atoms with Crippen LogP contribution in [0.5, 0.6) is 0 Å². The van der Waals surface area contributed by atoms with E-state index in [1.54, 1.807) is 6.20 Å². The Morgan fingerprint density at radius 1 is 0.810 bits per heavy atom. The van der Waals surface area contributed by atoms with Crippen molar-refractivity contribution in [3.63, 3.8) is 0 Å². The molecule has 0 amide bonds. The molecule has 0 aliphatic heterocycles. The second kappa shape index (κ2) is 4.56. The molecule has 3 nitrogen and oxygen atoms in total. The standard InChI is InChI=1S/C18H13N3/c19-16-9-8-14-15(12-5-2-1-3-6-12)11-13-7-4-10-20-17(13)18(14)21-16/h1-11H,(H2,19,21). The molecule has 21 heavy (non-hydrogen) atoms. The summed E-state index contributed by atoms with van der Waals surface area (Å²) < 4.78 is 0. The molecule has 0 aliphatic carbocycles. The largest absolute Gasteiger partial charge is 0.384 e. The molecule has 0 radical (unpaired) electrons. The van der Waals surface area contributed by atoms with E-state index in [1.165, 1.54) is 5.56 Å². The second-order valence-electron chi connectivity index (χ2n) is 5.00. The summed E-state index contributed by atoms with van der Waals surface area (Å²) in [5.74, 6) is 0.514. The van der Waals surface area contributed by atoms with Crippen LogP contribution in [0.15, 0.2) is 66.9 Å². The molecule has 0 unspecified atom stereocenters. The van der Waals surface area contributed by atoms with E-state index in [4.69, 9.17) is 5.73 Å². The van der Waals surface area contributed by atoms with Crippen molar-refractivity contribution in [2.45, 2.75) is 0 Å². The predicted octanol–water partition coefficient (Wildman–Crippen LogP) is 4.03. The Labute approximate surface area is 122 Å². The molecule has 0 saturated heterocycles. The van der Waals surface area contributed by atoms with Gasteiger partial charge in [-0.15, -0.1) is 0 Å². The molecule has 100 valence electrons. The Hall–Kier alpha value is -2.94. The molecule has 2 N–H and O–H groups in total. The molecule has 2 aromatic carbocycles. The van der Waals surface area contributed by atoms with Gasteiger partial charge >= 0.3 is 0 Å². The van der Waals surface area contributed by atoms with E-state index in [9.17, 15) is 0 Å². The molecular weight excluding hydrogens is 258 g/mol. The van der Waals surface area contributed by atoms with Crippen molar-refractivity contribution in [3.8, 4) is 11.1 Å². The van der Waals surface area contributed by atoms with Crippen LogP contribution in [0.4, 0.5) is 5.82 Å². The molecule has 2 heterocycles. The third-order valence-corrected chi connectivity index (χ3v) is 3.65. The highest BCUT2D eigenvalue weighted by molar-refractivity contribution is 6.10. The summed E-state index contributed by atoms with van der Waals surface area (Å²) in [4.78, 5) is 8.97. The maximum atomic E-state index is 5.86. The first-order chi connectivity index (χ1) is 10.3. The van der Waals surface area contributed by atoms with Crippen LogP contribution in [0.3, 0.4) is 0 Å². The summed E-state index contributed by atoms with van der Waals surface area (Å²) in [5, 5.41) is 2.14. The Kier molecular flexibility index (Phi) is 2.57. The first kappa shape index (κ1) is 11.9. The van der Waals surface area contributed by atoms with E-state index in [1.807, 2.05) is 36.4 Å². The van der Waals surface area contributed by atoms with E-state index in [-0.39, 0.29) is 0 Å². The van der Waals surface area contributed by atoms with Crippen molar-refractivity contribution < 1.29 is 0 Å². The number of nitrogens with zero attached hydrogens (tertiary/aromatic N) is 2. The Morgan fingerprint density at radius 2 is 1.67 bits per heavy atom. The summed E-state index contributed by atoms with van der Waals surface area (Å²) in [6.45, 7) is 0. The van der Waals surface area contributed by atoms with Crippen LogP contribution in [-0.2, 0) is 0 Å². The summed E-state index contributed by atoms with van der Waals surface area (Å²) in [7, 11) is 0. The highest BCUT2D eigenvalue weighted by Gasteiger charge is 2.10. The van der Waals surface area contributed by atoms with Gasteiger partial charge in [0.1, 0.15) is 5.82 Å². The lowest BCUT2D eigenvalue weighted by Crippen LogP contribution is -1.93. The van der Waals surface area contributed by atoms with Crippen LogP contribution < -0.4 is 5.73 Å². The lowest BCUT2D eigenvalue weighted by Gasteiger charge is -2.10. The van der Waals surface area contributed by atoms with Crippen molar-refractivity contribution in [2.24, 2.45) is 0 Å². The Bertz CT molecular complexity index is 946. The van der Waals surface area contributed by atoms with Crippen LogP contribution in [0.2, 0.25) is 0 Å². The van der Waals surface area contributed by atoms with Gasteiger partial charge in [0.25, 0.3) is 0 Å². The van der Waals surface area contributed by atoms with Crippen molar-refractivity contribution in [1.29, 1.82) is 0 Å². The minimum absolute atomic E-state index is 0.514. The number of anilines is 1. The quantitative estimate of drug-likeness (QED) is 0.532. The van der Waals surface area contributed by atoms with Crippen LogP contribution in [0.25, 0.3) is 32.9 Å². The molecule has 0 atom stereocenters. The van der Waals surface area contributed by atoms with E-state index < -0.39 is 0 Å². The minimum Gasteiger partial charge on any atom is -0.384 e. The zero-order valence-electron chi connectivity index (χ0n) is 11.3. The molecule has 4 aromatic rings. The SMILES string of the molecule is Nc1ccc2c(-c3ccccc3)cc3cccnc3c2n1. The highest BCUT2D eigenvalue weighted by Crippen LogP contribution is 2.33. The number of hydrogen-bond acceptors (Lipinski definition) is 3. The van der Waals surface area contributed by atoms with Crippen molar-refractivity contribution in [2.75, 3.05) is 5.73 Å². The van der Waals surface area contributed by atoms with E-state index in [2.05, 4.69) is 34.2 Å². The molecule has 2 aromatic heterocycles. The zero-order valence-corrected chi connectivity index (χ0v) is 11.3. The number of pyridine rings is 2. The van der Waals surface area contributed by atoms with Gasteiger partial charge in [-0.2, -0.15) is 0 Å². The fourth-order valence-electron chi connectivity index (χ4n) is 2.69. The third kappa shape index (κ3) is 1.91. The van der Waals surface area contributed by atoms with E-state index in [0.717, 1.165) is 27.4 Å². The monoisotopic (exact) mass is 271 g/mol. The number of fused-ring (bicyclic) bond motifs is 3. The van der Waals surface area contributed by atoms with Gasteiger partial charge in [-0.25, -0.2) is 4.98 Å². The second-order valence-corrected chi connectivity index (χ2v) is 5.00. The first-order valence-electron chi connectivity index (χ1n) is 6.82. The van der Waals surface area contributed by atoms with Crippen LogP contribution in [0.1, 0.15) is 0 Å². The molecule has 0 spiro atoms. The van der Waals surface area contributed by atoms with Gasteiger partial charge < -0.3 is 5.73 Å². The molecule has 0 bridgehead atoms. The Morgan fingerprint density at radius 3 is 2.52 bits per heavy atom. The summed E-state index contributed by atoms with van der Waals surface area (Å²) in [6, 6.07) is 20.3. The fraction of sp³-hybridized carbons (Fsp3) is 0. The number of aromatic nitrogens is 2. The molecule has 3 heteroatoms.